The van der Waals surface area contributed by atoms with E-state index in [4.69, 9.17) is 10.2 Å². The van der Waals surface area contributed by atoms with Crippen molar-refractivity contribution in [3.8, 4) is 0 Å². The van der Waals surface area contributed by atoms with Gasteiger partial charge in [0.15, 0.2) is 5.84 Å². The maximum atomic E-state index is 12.1. The summed E-state index contributed by atoms with van der Waals surface area (Å²) in [5.41, 5.74) is 8.46. The van der Waals surface area contributed by atoms with Crippen molar-refractivity contribution in [2.45, 2.75) is 0 Å². The standard InChI is InChI=1S/C17H12BrN3O3/c18-13-7-3-2-6-11(13)16(22)21-20-15(19)12-9-10-5-1-4-8-14(10)24-17(12)23/h1-9H,(H2,19,20)(H,21,22). The molecular weight excluding hydrogens is 374 g/mol. The van der Waals surface area contributed by atoms with E-state index in [0.717, 1.165) is 0 Å². The van der Waals surface area contributed by atoms with E-state index in [1.165, 1.54) is 0 Å². The highest BCUT2D eigenvalue weighted by molar-refractivity contribution is 9.10. The van der Waals surface area contributed by atoms with Crippen LogP contribution in [0.3, 0.4) is 0 Å². The molecule has 1 aromatic heterocycles. The second kappa shape index (κ2) is 6.67. The Labute approximate surface area is 145 Å². The predicted octanol–water partition coefficient (Wildman–Crippen LogP) is 2.61. The third-order valence-electron chi connectivity index (χ3n) is 3.31. The number of para-hydroxylation sites is 1. The van der Waals surface area contributed by atoms with Gasteiger partial charge in [0.25, 0.3) is 5.91 Å². The topological polar surface area (TPSA) is 97.7 Å². The van der Waals surface area contributed by atoms with E-state index in [-0.39, 0.29) is 11.4 Å². The quantitative estimate of drug-likeness (QED) is 0.313. The van der Waals surface area contributed by atoms with Crippen LogP contribution >= 0.6 is 15.9 Å². The molecule has 1 amide bonds. The Balaban J connectivity index is 1.89. The summed E-state index contributed by atoms with van der Waals surface area (Å²) in [6.45, 7) is 0. The largest absolute Gasteiger partial charge is 0.422 e. The number of hydrogen-bond acceptors (Lipinski definition) is 4. The number of nitrogens with one attached hydrogen (secondary N) is 1. The smallest absolute Gasteiger partial charge is 0.347 e. The second-order valence-corrected chi connectivity index (χ2v) is 5.76. The van der Waals surface area contributed by atoms with E-state index in [1.807, 2.05) is 6.07 Å². The minimum atomic E-state index is -0.620. The fourth-order valence-electron chi connectivity index (χ4n) is 2.12. The van der Waals surface area contributed by atoms with Gasteiger partial charge in [-0.1, -0.05) is 30.3 Å². The van der Waals surface area contributed by atoms with E-state index in [9.17, 15) is 9.59 Å². The number of fused-ring (bicyclic) bond motifs is 1. The molecule has 0 aliphatic carbocycles. The number of amidine groups is 1. The van der Waals surface area contributed by atoms with Crippen molar-refractivity contribution < 1.29 is 9.21 Å². The van der Waals surface area contributed by atoms with E-state index in [0.29, 0.717) is 21.0 Å². The summed E-state index contributed by atoms with van der Waals surface area (Å²) in [4.78, 5) is 24.1. The fraction of sp³-hybridized carbons (Fsp3) is 0. The first-order valence-corrected chi connectivity index (χ1v) is 7.77. The highest BCUT2D eigenvalue weighted by atomic mass is 79.9. The summed E-state index contributed by atoms with van der Waals surface area (Å²) < 4.78 is 5.81. The minimum absolute atomic E-state index is 0.0844. The van der Waals surface area contributed by atoms with Crippen LogP contribution in [-0.4, -0.2) is 11.7 Å². The molecule has 0 atom stereocenters. The van der Waals surface area contributed by atoms with Crippen LogP contribution in [0.1, 0.15) is 15.9 Å². The number of nitrogens with two attached hydrogens (primary N) is 1. The molecule has 0 unspecified atom stereocenters. The van der Waals surface area contributed by atoms with E-state index in [1.54, 1.807) is 48.5 Å². The van der Waals surface area contributed by atoms with Gasteiger partial charge in [0.05, 0.1) is 5.56 Å². The number of halogens is 1. The predicted molar refractivity (Wildman–Crippen MR) is 94.8 cm³/mol. The van der Waals surface area contributed by atoms with Crippen LogP contribution in [-0.2, 0) is 0 Å². The van der Waals surface area contributed by atoms with Gasteiger partial charge in [-0.25, -0.2) is 10.2 Å². The van der Waals surface area contributed by atoms with Crippen LogP contribution in [0.5, 0.6) is 0 Å². The maximum Gasteiger partial charge on any atom is 0.347 e. The van der Waals surface area contributed by atoms with Crippen LogP contribution in [0.2, 0.25) is 0 Å². The SMILES string of the molecule is N/C(=N\NC(=O)c1ccccc1Br)c1cc2ccccc2oc1=O. The van der Waals surface area contributed by atoms with Crippen molar-refractivity contribution in [1.82, 2.24) is 5.43 Å². The number of amides is 1. The van der Waals surface area contributed by atoms with Gasteiger partial charge in [-0.15, -0.1) is 0 Å². The molecule has 6 nitrogen and oxygen atoms in total. The Morgan fingerprint density at radius 3 is 2.58 bits per heavy atom. The first-order valence-electron chi connectivity index (χ1n) is 6.97. The lowest BCUT2D eigenvalue weighted by molar-refractivity contribution is 0.0954. The summed E-state index contributed by atoms with van der Waals surface area (Å²) in [5.74, 6) is -0.578. The molecule has 0 bridgehead atoms. The van der Waals surface area contributed by atoms with Gasteiger partial charge in [0.2, 0.25) is 0 Å². The molecule has 3 rings (SSSR count). The average molecular weight is 386 g/mol. The van der Waals surface area contributed by atoms with Crippen molar-refractivity contribution in [3.63, 3.8) is 0 Å². The lowest BCUT2D eigenvalue weighted by Crippen LogP contribution is -2.27. The number of rotatable bonds is 3. The number of nitrogens with zero attached hydrogens (tertiary/aromatic N) is 1. The summed E-state index contributed by atoms with van der Waals surface area (Å²) in [6.07, 6.45) is 0. The van der Waals surface area contributed by atoms with E-state index < -0.39 is 11.5 Å². The molecule has 0 spiro atoms. The number of carbonyl (C=O) groups is 1. The summed E-state index contributed by atoms with van der Waals surface area (Å²) in [5, 5.41) is 4.50. The number of carbonyl (C=O) groups excluding carboxylic acids is 1. The Hall–Kier alpha value is -2.93. The number of benzene rings is 2. The number of hydrogen-bond donors (Lipinski definition) is 2. The molecule has 7 heteroatoms. The van der Waals surface area contributed by atoms with Crippen LogP contribution < -0.4 is 16.8 Å². The normalized spacial score (nSPS) is 11.5. The van der Waals surface area contributed by atoms with Gasteiger partial charge < -0.3 is 10.2 Å². The van der Waals surface area contributed by atoms with Crippen molar-refractivity contribution in [2.24, 2.45) is 10.8 Å². The number of hydrazone groups is 1. The molecule has 0 fully saturated rings. The van der Waals surface area contributed by atoms with Gasteiger partial charge in [-0.05, 0) is 40.2 Å². The zero-order valence-corrected chi connectivity index (χ0v) is 13.9. The molecule has 0 aliphatic heterocycles. The molecule has 0 aliphatic rings. The minimum Gasteiger partial charge on any atom is -0.422 e. The Morgan fingerprint density at radius 2 is 1.79 bits per heavy atom. The zero-order valence-electron chi connectivity index (χ0n) is 12.3. The fourth-order valence-corrected chi connectivity index (χ4v) is 2.58. The summed E-state index contributed by atoms with van der Waals surface area (Å²) in [7, 11) is 0. The van der Waals surface area contributed by atoms with Gasteiger partial charge in [-0.2, -0.15) is 5.10 Å². The van der Waals surface area contributed by atoms with Crippen molar-refractivity contribution >= 4 is 38.6 Å². The molecule has 3 N–H and O–H groups in total. The Bertz CT molecular complexity index is 1010. The average Bonchev–Trinajstić information content (AvgIpc) is 2.59. The third kappa shape index (κ3) is 3.21. The highest BCUT2D eigenvalue weighted by Gasteiger charge is 2.11. The van der Waals surface area contributed by atoms with Crippen LogP contribution in [0.4, 0.5) is 0 Å². The van der Waals surface area contributed by atoms with Crippen LogP contribution in [0.15, 0.2) is 73.4 Å². The van der Waals surface area contributed by atoms with E-state index in [2.05, 4.69) is 26.5 Å². The van der Waals surface area contributed by atoms with Crippen LogP contribution in [0.25, 0.3) is 11.0 Å². The molecule has 0 saturated carbocycles. The Kier molecular flexibility index (Phi) is 4.43. The zero-order chi connectivity index (χ0) is 17.1. The molecule has 3 aromatic rings. The Morgan fingerprint density at radius 1 is 1.08 bits per heavy atom. The monoisotopic (exact) mass is 385 g/mol. The third-order valence-corrected chi connectivity index (χ3v) is 4.01. The van der Waals surface area contributed by atoms with Gasteiger partial charge in [0, 0.05) is 9.86 Å². The van der Waals surface area contributed by atoms with E-state index >= 15 is 0 Å². The lowest BCUT2D eigenvalue weighted by atomic mass is 10.2. The van der Waals surface area contributed by atoms with Gasteiger partial charge in [-0.3, -0.25) is 4.79 Å². The molecular formula is C17H12BrN3O3. The first kappa shape index (κ1) is 15.9. The van der Waals surface area contributed by atoms with Crippen LogP contribution in [0, 0.1) is 0 Å². The molecule has 0 saturated heterocycles. The van der Waals surface area contributed by atoms with Gasteiger partial charge in [0.1, 0.15) is 11.1 Å². The van der Waals surface area contributed by atoms with Crippen molar-refractivity contribution in [1.29, 1.82) is 0 Å². The molecule has 0 radical (unpaired) electrons. The molecule has 1 heterocycles. The van der Waals surface area contributed by atoms with Crippen molar-refractivity contribution in [2.75, 3.05) is 0 Å². The maximum absolute atomic E-state index is 12.1. The summed E-state index contributed by atoms with van der Waals surface area (Å²) in [6, 6.07) is 15.5. The highest BCUT2D eigenvalue weighted by Crippen LogP contribution is 2.15. The van der Waals surface area contributed by atoms with Gasteiger partial charge >= 0.3 is 5.63 Å². The molecule has 120 valence electrons. The first-order chi connectivity index (χ1) is 11.6. The summed E-state index contributed by atoms with van der Waals surface area (Å²) >= 11 is 3.28. The second-order valence-electron chi connectivity index (χ2n) is 4.90. The van der Waals surface area contributed by atoms with Crippen molar-refractivity contribution in [3.05, 3.63) is 80.6 Å². The molecule has 2 aromatic carbocycles. The molecule has 24 heavy (non-hydrogen) atoms. The lowest BCUT2D eigenvalue weighted by Gasteiger charge is -2.04.